The van der Waals surface area contributed by atoms with E-state index in [0.29, 0.717) is 43.4 Å². The lowest BCUT2D eigenvalue weighted by Crippen LogP contribution is -2.41. The molecule has 0 unspecified atom stereocenters. The lowest BCUT2D eigenvalue weighted by molar-refractivity contribution is -0.384. The molecule has 2 heterocycles. The van der Waals surface area contributed by atoms with Crippen molar-refractivity contribution < 1.29 is 19.2 Å². The van der Waals surface area contributed by atoms with Gasteiger partial charge in [-0.3, -0.25) is 14.9 Å². The Labute approximate surface area is 172 Å². The number of methoxy groups -OCH3 is 1. The zero-order chi connectivity index (χ0) is 21.1. The number of benzene rings is 2. The number of hydrazone groups is 1. The third kappa shape index (κ3) is 3.87. The van der Waals surface area contributed by atoms with Crippen LogP contribution in [-0.4, -0.2) is 55.0 Å². The van der Waals surface area contributed by atoms with Gasteiger partial charge in [0, 0.05) is 25.2 Å². The van der Waals surface area contributed by atoms with Crippen molar-refractivity contribution in [2.75, 3.05) is 38.4 Å². The molecule has 4 rings (SSSR count). The van der Waals surface area contributed by atoms with Gasteiger partial charge < -0.3 is 14.4 Å². The second-order valence-electron chi connectivity index (χ2n) is 6.74. The van der Waals surface area contributed by atoms with E-state index < -0.39 is 4.92 Å². The molecule has 0 aromatic heterocycles. The average Bonchev–Trinajstić information content (AvgIpc) is 3.11. The molecule has 2 aromatic carbocycles. The van der Waals surface area contributed by atoms with Crippen LogP contribution in [0.3, 0.4) is 0 Å². The molecule has 154 valence electrons. The van der Waals surface area contributed by atoms with E-state index in [1.54, 1.807) is 13.2 Å². The van der Waals surface area contributed by atoms with Gasteiger partial charge in [0.1, 0.15) is 5.75 Å². The number of anilines is 1. The second-order valence-corrected chi connectivity index (χ2v) is 6.74. The Kier molecular flexibility index (Phi) is 5.44. The van der Waals surface area contributed by atoms with Gasteiger partial charge in [-0.25, -0.2) is 0 Å². The van der Waals surface area contributed by atoms with Crippen molar-refractivity contribution in [1.29, 1.82) is 0 Å². The molecule has 0 saturated carbocycles. The predicted octanol–water partition coefficient (Wildman–Crippen LogP) is 2.68. The number of amidine groups is 1. The quantitative estimate of drug-likeness (QED) is 0.438. The molecule has 9 heteroatoms. The van der Waals surface area contributed by atoms with Gasteiger partial charge in [-0.1, -0.05) is 12.1 Å². The molecule has 1 fully saturated rings. The van der Waals surface area contributed by atoms with Crippen molar-refractivity contribution in [3.05, 3.63) is 69.8 Å². The predicted molar refractivity (Wildman–Crippen MR) is 111 cm³/mol. The Balaban J connectivity index is 1.70. The standard InChI is InChI=1S/C21H20N4O5/c1-29-18-8-2-15(3-9-18)14-19-20(23-10-12-30-13-11-23)22-24(21(19)26)16-4-6-17(7-5-16)25(27)28/h2-9,14H,10-13H2,1H3/b19-14+. The maximum absolute atomic E-state index is 13.2. The summed E-state index contributed by atoms with van der Waals surface area (Å²) in [7, 11) is 1.60. The molecule has 2 aliphatic rings. The number of nitro groups is 1. The summed E-state index contributed by atoms with van der Waals surface area (Å²) in [4.78, 5) is 25.7. The summed E-state index contributed by atoms with van der Waals surface area (Å²) in [6, 6.07) is 13.1. The van der Waals surface area contributed by atoms with Crippen LogP contribution in [0.4, 0.5) is 11.4 Å². The molecule has 1 amide bonds. The van der Waals surface area contributed by atoms with Crippen LogP contribution >= 0.6 is 0 Å². The van der Waals surface area contributed by atoms with Crippen molar-refractivity contribution in [3.63, 3.8) is 0 Å². The van der Waals surface area contributed by atoms with Gasteiger partial charge in [0.25, 0.3) is 11.6 Å². The van der Waals surface area contributed by atoms with E-state index in [0.717, 1.165) is 11.3 Å². The topological polar surface area (TPSA) is 97.5 Å². The Hall–Kier alpha value is -3.72. The van der Waals surface area contributed by atoms with Crippen LogP contribution in [0.2, 0.25) is 0 Å². The van der Waals surface area contributed by atoms with E-state index in [9.17, 15) is 14.9 Å². The zero-order valence-corrected chi connectivity index (χ0v) is 16.4. The van der Waals surface area contributed by atoms with Crippen LogP contribution in [0, 0.1) is 10.1 Å². The maximum Gasteiger partial charge on any atom is 0.282 e. The highest BCUT2D eigenvalue weighted by Gasteiger charge is 2.35. The molecule has 0 aliphatic carbocycles. The number of rotatable bonds is 4. The molecular weight excluding hydrogens is 388 g/mol. The van der Waals surface area contributed by atoms with Gasteiger partial charge in [-0.2, -0.15) is 5.01 Å². The number of hydrogen-bond acceptors (Lipinski definition) is 7. The van der Waals surface area contributed by atoms with E-state index in [2.05, 4.69) is 5.10 Å². The first-order chi connectivity index (χ1) is 14.6. The number of ether oxygens (including phenoxy) is 2. The molecule has 9 nitrogen and oxygen atoms in total. The molecule has 0 bridgehead atoms. The van der Waals surface area contributed by atoms with Crippen LogP contribution in [0.5, 0.6) is 5.75 Å². The van der Waals surface area contributed by atoms with E-state index in [1.165, 1.54) is 29.3 Å². The maximum atomic E-state index is 13.2. The van der Waals surface area contributed by atoms with Crippen LogP contribution in [0.15, 0.2) is 59.2 Å². The van der Waals surface area contributed by atoms with Crippen molar-refractivity contribution in [2.24, 2.45) is 5.10 Å². The highest BCUT2D eigenvalue weighted by atomic mass is 16.6. The van der Waals surface area contributed by atoms with E-state index in [1.807, 2.05) is 29.2 Å². The van der Waals surface area contributed by atoms with E-state index in [4.69, 9.17) is 9.47 Å². The first-order valence-electron chi connectivity index (χ1n) is 9.43. The summed E-state index contributed by atoms with van der Waals surface area (Å²) in [5.41, 5.74) is 1.72. The first-order valence-corrected chi connectivity index (χ1v) is 9.43. The fourth-order valence-corrected chi connectivity index (χ4v) is 3.30. The summed E-state index contributed by atoms with van der Waals surface area (Å²) in [6.45, 7) is 2.36. The van der Waals surface area contributed by atoms with Gasteiger partial charge in [0.05, 0.1) is 36.5 Å². The molecule has 0 N–H and O–H groups in total. The van der Waals surface area contributed by atoms with Crippen LogP contribution < -0.4 is 9.75 Å². The molecule has 30 heavy (non-hydrogen) atoms. The van der Waals surface area contributed by atoms with Gasteiger partial charge in [0.15, 0.2) is 5.84 Å². The summed E-state index contributed by atoms with van der Waals surface area (Å²) in [5, 5.41) is 16.8. The van der Waals surface area contributed by atoms with E-state index >= 15 is 0 Å². The van der Waals surface area contributed by atoms with Gasteiger partial charge in [-0.05, 0) is 35.9 Å². The zero-order valence-electron chi connectivity index (χ0n) is 16.4. The molecule has 2 aromatic rings. The average molecular weight is 408 g/mol. The number of nitro benzene ring substituents is 1. The number of hydrogen-bond donors (Lipinski definition) is 0. The minimum atomic E-state index is -0.479. The highest BCUT2D eigenvalue weighted by molar-refractivity contribution is 6.32. The minimum absolute atomic E-state index is 0.0447. The van der Waals surface area contributed by atoms with Gasteiger partial charge in [0.2, 0.25) is 0 Å². The lowest BCUT2D eigenvalue weighted by Gasteiger charge is -2.28. The molecule has 2 aliphatic heterocycles. The van der Waals surface area contributed by atoms with Crippen molar-refractivity contribution >= 4 is 29.2 Å². The minimum Gasteiger partial charge on any atom is -0.497 e. The molecule has 0 atom stereocenters. The third-order valence-corrected chi connectivity index (χ3v) is 4.90. The molecule has 0 spiro atoms. The second kappa shape index (κ2) is 8.34. The normalized spacial score (nSPS) is 18.0. The van der Waals surface area contributed by atoms with Crippen molar-refractivity contribution in [2.45, 2.75) is 0 Å². The van der Waals surface area contributed by atoms with E-state index in [-0.39, 0.29) is 11.6 Å². The monoisotopic (exact) mass is 408 g/mol. The summed E-state index contributed by atoms with van der Waals surface area (Å²) >= 11 is 0. The summed E-state index contributed by atoms with van der Waals surface area (Å²) < 4.78 is 10.6. The van der Waals surface area contributed by atoms with Gasteiger partial charge in [-0.15, -0.1) is 5.10 Å². The SMILES string of the molecule is COc1ccc(/C=C2/C(=O)N(c3ccc([N+](=O)[O-])cc3)N=C2N2CCOCC2)cc1. The fourth-order valence-electron chi connectivity index (χ4n) is 3.30. The lowest BCUT2D eigenvalue weighted by atomic mass is 10.1. The van der Waals surface area contributed by atoms with Crippen LogP contribution in [0.1, 0.15) is 5.56 Å². The van der Waals surface area contributed by atoms with Crippen LogP contribution in [-0.2, 0) is 9.53 Å². The highest BCUT2D eigenvalue weighted by Crippen LogP contribution is 2.28. The smallest absolute Gasteiger partial charge is 0.282 e. The first kappa shape index (κ1) is 19.6. The summed E-state index contributed by atoms with van der Waals surface area (Å²) in [6.07, 6.45) is 1.79. The Morgan fingerprint density at radius 3 is 2.37 bits per heavy atom. The number of non-ortho nitro benzene ring substituents is 1. The molecule has 1 saturated heterocycles. The Morgan fingerprint density at radius 1 is 1.10 bits per heavy atom. The molecular formula is C21H20N4O5. The number of morpholine rings is 1. The van der Waals surface area contributed by atoms with Gasteiger partial charge >= 0.3 is 0 Å². The largest absolute Gasteiger partial charge is 0.497 e. The van der Waals surface area contributed by atoms with Crippen LogP contribution in [0.25, 0.3) is 6.08 Å². The Morgan fingerprint density at radius 2 is 1.77 bits per heavy atom. The third-order valence-electron chi connectivity index (χ3n) is 4.90. The van der Waals surface area contributed by atoms with Crippen molar-refractivity contribution in [1.82, 2.24) is 4.90 Å². The Bertz CT molecular complexity index is 1010. The number of amides is 1. The van der Waals surface area contributed by atoms with Crippen molar-refractivity contribution in [3.8, 4) is 5.75 Å². The number of carbonyl (C=O) groups is 1. The number of nitrogens with zero attached hydrogens (tertiary/aromatic N) is 4. The summed E-state index contributed by atoms with van der Waals surface area (Å²) in [5.74, 6) is 1.00. The fraction of sp³-hybridized carbons (Fsp3) is 0.238. The number of carbonyl (C=O) groups excluding carboxylic acids is 1. The molecule has 0 radical (unpaired) electrons.